The number of rotatable bonds is 6. The lowest BCUT2D eigenvalue weighted by molar-refractivity contribution is -0.242. The van der Waals surface area contributed by atoms with Crippen molar-refractivity contribution in [2.24, 2.45) is 7.05 Å². The summed E-state index contributed by atoms with van der Waals surface area (Å²) in [7, 11) is 1.79. The molecule has 0 saturated carbocycles. The average Bonchev–Trinajstić information content (AvgIpc) is 3.15. The van der Waals surface area contributed by atoms with Crippen LogP contribution in [0.5, 0.6) is 0 Å². The number of amides is 1. The van der Waals surface area contributed by atoms with E-state index in [1.54, 1.807) is 11.6 Å². The number of aromatic nitrogens is 2. The van der Waals surface area contributed by atoms with Crippen LogP contribution in [0.3, 0.4) is 0 Å². The normalized spacial score (nSPS) is 15.1. The van der Waals surface area contributed by atoms with Gasteiger partial charge in [-0.15, -0.1) is 0 Å². The number of anilines is 1. The average molecular weight is 455 g/mol. The van der Waals surface area contributed by atoms with E-state index in [-0.39, 0.29) is 12.0 Å². The zero-order valence-electron chi connectivity index (χ0n) is 19.2. The van der Waals surface area contributed by atoms with E-state index in [0.717, 1.165) is 43.8 Å². The van der Waals surface area contributed by atoms with Gasteiger partial charge in [-0.2, -0.15) is 0 Å². The van der Waals surface area contributed by atoms with Gasteiger partial charge in [-0.25, -0.2) is 4.98 Å². The molecule has 1 amide bonds. The molecule has 1 N–H and O–H groups in total. The Morgan fingerprint density at radius 1 is 0.941 bits per heavy atom. The first kappa shape index (κ1) is 22.1. The fourth-order valence-electron chi connectivity index (χ4n) is 4.87. The number of nitrogens with zero attached hydrogens (tertiary/aromatic N) is 4. The maximum absolute atomic E-state index is 10.9. The van der Waals surface area contributed by atoms with Crippen molar-refractivity contribution in [2.75, 3.05) is 31.5 Å². The van der Waals surface area contributed by atoms with Crippen LogP contribution < -0.4 is 10.4 Å². The fraction of sp³-hybridized carbons (Fsp3) is 0.259. The van der Waals surface area contributed by atoms with E-state index in [1.165, 1.54) is 16.7 Å². The molecule has 0 radical (unpaired) electrons. The van der Waals surface area contributed by atoms with Gasteiger partial charge >= 0.3 is 0 Å². The summed E-state index contributed by atoms with van der Waals surface area (Å²) in [5.74, 6) is 0.272. The van der Waals surface area contributed by atoms with Crippen LogP contribution in [0.25, 0.3) is 11.0 Å². The third kappa shape index (κ3) is 4.66. The van der Waals surface area contributed by atoms with Crippen LogP contribution in [-0.2, 0) is 13.6 Å². The van der Waals surface area contributed by atoms with Gasteiger partial charge < -0.3 is 19.8 Å². The van der Waals surface area contributed by atoms with Crippen LogP contribution in [0, 0.1) is 0 Å². The quantitative estimate of drug-likeness (QED) is 0.484. The number of imidazole rings is 1. The zero-order valence-corrected chi connectivity index (χ0v) is 19.2. The number of carbonyl (C=O) groups excluding carboxylic acids is 1. The number of fused-ring (bicyclic) bond motifs is 1. The van der Waals surface area contributed by atoms with Crippen LogP contribution in [0.15, 0.2) is 78.9 Å². The molecule has 0 aliphatic carbocycles. The fourth-order valence-corrected chi connectivity index (χ4v) is 4.87. The van der Waals surface area contributed by atoms with Crippen LogP contribution in [-0.4, -0.2) is 51.6 Å². The predicted molar refractivity (Wildman–Crippen MR) is 131 cm³/mol. The van der Waals surface area contributed by atoms with Gasteiger partial charge in [0.25, 0.3) is 0 Å². The molecule has 2 heterocycles. The smallest absolute Gasteiger partial charge is 0.209 e. The highest BCUT2D eigenvalue weighted by atomic mass is 16.4. The van der Waals surface area contributed by atoms with E-state index in [9.17, 15) is 9.90 Å². The number of piperazine rings is 1. The summed E-state index contributed by atoms with van der Waals surface area (Å²) in [5.41, 5.74) is 5.47. The molecule has 4 aromatic rings. The standard InChI is InChI=1S/C27H29N5O2/c1-30-24-13-12-20(18-23(24)28-26(30)29-27(33)34)19-31-14-16-32(17-15-31)25(21-8-4-2-5-9-21)22-10-6-3-7-11-22/h2-13,18,25H,14-17,19H2,1H3,(H,28,29)(H,33,34)/p-1. The van der Waals surface area contributed by atoms with Crippen molar-refractivity contribution in [2.45, 2.75) is 12.6 Å². The largest absolute Gasteiger partial charge is 0.530 e. The summed E-state index contributed by atoms with van der Waals surface area (Å²) in [5, 5.41) is 13.1. The molecular formula is C27H28N5O2-. The molecule has 34 heavy (non-hydrogen) atoms. The molecule has 174 valence electrons. The predicted octanol–water partition coefficient (Wildman–Crippen LogP) is 3.24. The number of hydrogen-bond donors (Lipinski definition) is 1. The van der Waals surface area contributed by atoms with Crippen molar-refractivity contribution in [3.05, 3.63) is 95.6 Å². The van der Waals surface area contributed by atoms with Gasteiger partial charge in [-0.3, -0.25) is 9.80 Å². The van der Waals surface area contributed by atoms with Gasteiger partial charge in [0.1, 0.15) is 6.09 Å². The highest BCUT2D eigenvalue weighted by molar-refractivity contribution is 5.85. The number of benzene rings is 3. The van der Waals surface area contributed by atoms with Crippen molar-refractivity contribution >= 4 is 23.1 Å². The third-order valence-corrected chi connectivity index (χ3v) is 6.57. The van der Waals surface area contributed by atoms with Crippen molar-refractivity contribution in [3.63, 3.8) is 0 Å². The maximum Gasteiger partial charge on any atom is 0.209 e. The Morgan fingerprint density at radius 3 is 2.15 bits per heavy atom. The molecule has 0 unspecified atom stereocenters. The summed E-state index contributed by atoms with van der Waals surface area (Å²) >= 11 is 0. The summed E-state index contributed by atoms with van der Waals surface area (Å²) < 4.78 is 1.72. The lowest BCUT2D eigenvalue weighted by Crippen LogP contribution is -2.47. The topological polar surface area (TPSA) is 76.5 Å². The van der Waals surface area contributed by atoms with Gasteiger partial charge in [-0.1, -0.05) is 66.7 Å². The summed E-state index contributed by atoms with van der Waals surface area (Å²) in [6.07, 6.45) is -1.36. The van der Waals surface area contributed by atoms with E-state index in [4.69, 9.17) is 0 Å². The number of carbonyl (C=O) groups is 1. The van der Waals surface area contributed by atoms with Crippen molar-refractivity contribution < 1.29 is 9.90 Å². The zero-order chi connectivity index (χ0) is 23.5. The second-order valence-corrected chi connectivity index (χ2v) is 8.77. The van der Waals surface area contributed by atoms with Crippen molar-refractivity contribution in [1.82, 2.24) is 19.4 Å². The molecule has 1 aliphatic heterocycles. The third-order valence-electron chi connectivity index (χ3n) is 6.57. The van der Waals surface area contributed by atoms with Gasteiger partial charge in [0.15, 0.2) is 0 Å². The molecule has 1 aliphatic rings. The first-order valence-electron chi connectivity index (χ1n) is 11.6. The highest BCUT2D eigenvalue weighted by Crippen LogP contribution is 2.30. The lowest BCUT2D eigenvalue weighted by Gasteiger charge is -2.39. The van der Waals surface area contributed by atoms with E-state index < -0.39 is 6.09 Å². The highest BCUT2D eigenvalue weighted by Gasteiger charge is 2.26. The molecule has 1 fully saturated rings. The molecule has 7 nitrogen and oxygen atoms in total. The second kappa shape index (κ2) is 9.67. The van der Waals surface area contributed by atoms with Crippen LogP contribution in [0.4, 0.5) is 10.7 Å². The second-order valence-electron chi connectivity index (χ2n) is 8.77. The number of hydrogen-bond acceptors (Lipinski definition) is 5. The molecule has 3 aromatic carbocycles. The molecule has 1 aromatic heterocycles. The molecule has 1 saturated heterocycles. The van der Waals surface area contributed by atoms with E-state index in [2.05, 4.69) is 86.8 Å². The lowest BCUT2D eigenvalue weighted by atomic mass is 9.96. The number of nitrogens with one attached hydrogen (secondary N) is 1. The van der Waals surface area contributed by atoms with Crippen LogP contribution in [0.2, 0.25) is 0 Å². The molecule has 5 rings (SSSR count). The van der Waals surface area contributed by atoms with Crippen LogP contribution >= 0.6 is 0 Å². The van der Waals surface area contributed by atoms with Gasteiger partial charge in [0.2, 0.25) is 5.95 Å². The Labute approximate surface area is 199 Å². The Balaban J connectivity index is 1.28. The maximum atomic E-state index is 10.9. The van der Waals surface area contributed by atoms with Crippen molar-refractivity contribution in [3.8, 4) is 0 Å². The molecular weight excluding hydrogens is 426 g/mol. The molecule has 7 heteroatoms. The minimum Gasteiger partial charge on any atom is -0.530 e. The monoisotopic (exact) mass is 454 g/mol. The van der Waals surface area contributed by atoms with Gasteiger partial charge in [0.05, 0.1) is 17.1 Å². The first-order chi connectivity index (χ1) is 16.6. The SMILES string of the molecule is Cn1c(NC(=O)[O-])nc2cc(CN3CCN(C(c4ccccc4)c4ccccc4)CC3)ccc21. The molecule has 0 bridgehead atoms. The van der Waals surface area contributed by atoms with Crippen molar-refractivity contribution in [1.29, 1.82) is 0 Å². The van der Waals surface area contributed by atoms with Crippen LogP contribution in [0.1, 0.15) is 22.7 Å². The number of carboxylic acid groups (broad SMARTS) is 1. The van der Waals surface area contributed by atoms with Gasteiger partial charge in [-0.05, 0) is 28.8 Å². The van der Waals surface area contributed by atoms with E-state index in [1.807, 2.05) is 12.1 Å². The Hall–Kier alpha value is -3.68. The first-order valence-corrected chi connectivity index (χ1v) is 11.6. The molecule has 0 atom stereocenters. The Morgan fingerprint density at radius 2 is 1.56 bits per heavy atom. The number of aryl methyl sites for hydroxylation is 1. The van der Waals surface area contributed by atoms with Gasteiger partial charge in [0, 0.05) is 39.8 Å². The van der Waals surface area contributed by atoms with E-state index >= 15 is 0 Å². The Kier molecular flexibility index (Phi) is 6.29. The Bertz CT molecular complexity index is 1220. The minimum atomic E-state index is -1.36. The molecule has 0 spiro atoms. The summed E-state index contributed by atoms with van der Waals surface area (Å²) in [6.45, 7) is 4.77. The summed E-state index contributed by atoms with van der Waals surface area (Å²) in [4.78, 5) is 20.3. The van der Waals surface area contributed by atoms with E-state index in [0.29, 0.717) is 0 Å². The minimum absolute atomic E-state index is 0.254. The summed E-state index contributed by atoms with van der Waals surface area (Å²) in [6, 6.07) is 27.8.